The molecule has 1 aliphatic heterocycles. The van der Waals surface area contributed by atoms with Crippen molar-refractivity contribution in [3.8, 4) is 11.8 Å². The molecule has 2 aliphatic rings. The summed E-state index contributed by atoms with van der Waals surface area (Å²) in [6.45, 7) is 5.83. The van der Waals surface area contributed by atoms with E-state index in [1.165, 1.54) is 5.56 Å². The lowest BCUT2D eigenvalue weighted by molar-refractivity contribution is -0.122. The number of nitrogens with zero attached hydrogens (tertiary/aromatic N) is 2. The Bertz CT molecular complexity index is 1060. The van der Waals surface area contributed by atoms with Gasteiger partial charge in [0.2, 0.25) is 0 Å². The number of Topliss-reactive ketones (excluding diaryl/α,β-unsaturated/α-hetero) is 1. The second-order valence-electron chi connectivity index (χ2n) is 8.36. The Morgan fingerprint density at radius 1 is 1.03 bits per heavy atom. The molecule has 30 heavy (non-hydrogen) atoms. The molecule has 2 aromatic rings. The van der Waals surface area contributed by atoms with Crippen molar-refractivity contribution in [1.29, 1.82) is 5.26 Å². The van der Waals surface area contributed by atoms with Crippen LogP contribution in [-0.2, 0) is 4.79 Å². The third-order valence-electron chi connectivity index (χ3n) is 5.96. The van der Waals surface area contributed by atoms with Crippen LogP contribution in [0.4, 0.5) is 0 Å². The van der Waals surface area contributed by atoms with Crippen molar-refractivity contribution in [2.45, 2.75) is 51.6 Å². The van der Waals surface area contributed by atoms with Crippen LogP contribution in [0.15, 0.2) is 70.9 Å². The first-order chi connectivity index (χ1) is 14.5. The lowest BCUT2D eigenvalue weighted by Gasteiger charge is -2.37. The number of nitriles is 1. The lowest BCUT2D eigenvalue weighted by Crippen LogP contribution is -2.39. The number of rotatable bonds is 4. The molecule has 0 unspecified atom stereocenters. The van der Waals surface area contributed by atoms with Crippen LogP contribution in [0.5, 0.6) is 5.75 Å². The quantitative estimate of drug-likeness (QED) is 0.676. The molecule has 0 N–H and O–H groups in total. The SMILES string of the molecule is CC1=C(C#N)[C@@H](c2ccccc2OC(C)C)[C@@H]2C(=O)C[C@H](c3ccccc3)CC2=N1. The van der Waals surface area contributed by atoms with Crippen molar-refractivity contribution in [2.75, 3.05) is 0 Å². The second kappa shape index (κ2) is 8.28. The van der Waals surface area contributed by atoms with E-state index < -0.39 is 5.92 Å². The normalized spacial score (nSPS) is 23.6. The molecule has 0 saturated heterocycles. The molecule has 4 rings (SSSR count). The van der Waals surface area contributed by atoms with Crippen LogP contribution in [0.2, 0.25) is 0 Å². The molecule has 1 saturated carbocycles. The van der Waals surface area contributed by atoms with Gasteiger partial charge in [0.05, 0.1) is 29.4 Å². The third-order valence-corrected chi connectivity index (χ3v) is 5.96. The van der Waals surface area contributed by atoms with Gasteiger partial charge >= 0.3 is 0 Å². The van der Waals surface area contributed by atoms with Gasteiger partial charge in [-0.3, -0.25) is 9.79 Å². The van der Waals surface area contributed by atoms with Crippen LogP contribution in [-0.4, -0.2) is 17.6 Å². The molecule has 1 fully saturated rings. The van der Waals surface area contributed by atoms with Gasteiger partial charge in [-0.1, -0.05) is 48.5 Å². The zero-order chi connectivity index (χ0) is 21.3. The molecule has 152 valence electrons. The molecular formula is C26H26N2O2. The van der Waals surface area contributed by atoms with Gasteiger partial charge in [-0.2, -0.15) is 5.26 Å². The van der Waals surface area contributed by atoms with Crippen molar-refractivity contribution in [2.24, 2.45) is 10.9 Å². The van der Waals surface area contributed by atoms with E-state index >= 15 is 0 Å². The van der Waals surface area contributed by atoms with E-state index in [0.29, 0.717) is 17.7 Å². The molecule has 0 amide bonds. The fourth-order valence-corrected chi connectivity index (χ4v) is 4.71. The summed E-state index contributed by atoms with van der Waals surface area (Å²) in [4.78, 5) is 18.2. The first-order valence-electron chi connectivity index (χ1n) is 10.5. The first-order valence-corrected chi connectivity index (χ1v) is 10.5. The minimum absolute atomic E-state index is 0.00279. The van der Waals surface area contributed by atoms with Gasteiger partial charge in [-0.25, -0.2) is 0 Å². The molecular weight excluding hydrogens is 372 g/mol. The molecule has 3 atom stereocenters. The lowest BCUT2D eigenvalue weighted by atomic mass is 9.66. The fraction of sp³-hybridized carbons (Fsp3) is 0.346. The Labute approximate surface area is 177 Å². The summed E-state index contributed by atoms with van der Waals surface area (Å²) >= 11 is 0. The summed E-state index contributed by atoms with van der Waals surface area (Å²) in [5.74, 6) is 0.269. The zero-order valence-corrected chi connectivity index (χ0v) is 17.6. The largest absolute Gasteiger partial charge is 0.491 e. The number of ether oxygens (including phenoxy) is 1. The summed E-state index contributed by atoms with van der Waals surface area (Å²) < 4.78 is 6.05. The monoisotopic (exact) mass is 398 g/mol. The van der Waals surface area contributed by atoms with Gasteiger partial charge in [0.1, 0.15) is 11.5 Å². The minimum Gasteiger partial charge on any atom is -0.491 e. The first kappa shape index (κ1) is 20.1. The van der Waals surface area contributed by atoms with Crippen molar-refractivity contribution in [3.05, 3.63) is 77.0 Å². The Hall–Kier alpha value is -3.19. The van der Waals surface area contributed by atoms with Crippen molar-refractivity contribution < 1.29 is 9.53 Å². The Balaban J connectivity index is 1.78. The number of benzene rings is 2. The number of para-hydroxylation sites is 1. The van der Waals surface area contributed by atoms with Gasteiger partial charge in [0.25, 0.3) is 0 Å². The van der Waals surface area contributed by atoms with Gasteiger partial charge in [0, 0.05) is 23.6 Å². The average molecular weight is 399 g/mol. The highest BCUT2D eigenvalue weighted by atomic mass is 16.5. The van der Waals surface area contributed by atoms with Gasteiger partial charge < -0.3 is 4.74 Å². The second-order valence-corrected chi connectivity index (χ2v) is 8.36. The summed E-state index contributed by atoms with van der Waals surface area (Å²) in [5, 5.41) is 9.94. The van der Waals surface area contributed by atoms with Gasteiger partial charge in [-0.15, -0.1) is 0 Å². The van der Waals surface area contributed by atoms with E-state index in [-0.39, 0.29) is 23.7 Å². The highest BCUT2D eigenvalue weighted by molar-refractivity contribution is 6.10. The van der Waals surface area contributed by atoms with E-state index in [2.05, 4.69) is 18.2 Å². The van der Waals surface area contributed by atoms with E-state index in [4.69, 9.17) is 9.73 Å². The number of hydrogen-bond acceptors (Lipinski definition) is 4. The maximum atomic E-state index is 13.4. The molecule has 0 radical (unpaired) electrons. The predicted molar refractivity (Wildman–Crippen MR) is 118 cm³/mol. The summed E-state index contributed by atoms with van der Waals surface area (Å²) in [6, 6.07) is 20.3. The summed E-state index contributed by atoms with van der Waals surface area (Å²) in [6.07, 6.45) is 1.21. The Kier molecular flexibility index (Phi) is 5.55. The molecule has 1 heterocycles. The van der Waals surface area contributed by atoms with Crippen molar-refractivity contribution in [1.82, 2.24) is 0 Å². The molecule has 0 spiro atoms. The number of carbonyl (C=O) groups is 1. The smallest absolute Gasteiger partial charge is 0.143 e. The number of fused-ring (bicyclic) bond motifs is 1. The van der Waals surface area contributed by atoms with Gasteiger partial charge in [-0.05, 0) is 44.7 Å². The number of aliphatic imine (C=N–C) groups is 1. The van der Waals surface area contributed by atoms with Crippen LogP contribution in [0.1, 0.15) is 56.6 Å². The third kappa shape index (κ3) is 3.68. The highest BCUT2D eigenvalue weighted by Crippen LogP contribution is 2.47. The maximum absolute atomic E-state index is 13.4. The van der Waals surface area contributed by atoms with Crippen molar-refractivity contribution in [3.63, 3.8) is 0 Å². The van der Waals surface area contributed by atoms with Crippen LogP contribution in [0, 0.1) is 17.2 Å². The summed E-state index contributed by atoms with van der Waals surface area (Å²) in [7, 11) is 0. The Morgan fingerprint density at radius 2 is 1.73 bits per heavy atom. The summed E-state index contributed by atoms with van der Waals surface area (Å²) in [5.41, 5.74) is 4.22. The highest BCUT2D eigenvalue weighted by Gasteiger charge is 2.45. The predicted octanol–water partition coefficient (Wildman–Crippen LogP) is 5.57. The molecule has 0 bridgehead atoms. The Morgan fingerprint density at radius 3 is 2.43 bits per heavy atom. The van der Waals surface area contributed by atoms with Crippen LogP contribution < -0.4 is 4.74 Å². The standard InChI is InChI=1S/C26H26N2O2/c1-16(2)30-24-12-8-7-11-20(24)25-21(15-27)17(3)28-22-13-19(14-23(29)26(22)25)18-9-5-4-6-10-18/h4-12,16,19,25-26H,13-14H2,1-3H3/t19-,25-,26+/m1/s1. The average Bonchev–Trinajstić information content (AvgIpc) is 2.73. The van der Waals surface area contributed by atoms with E-state index in [0.717, 1.165) is 23.4 Å². The van der Waals surface area contributed by atoms with Crippen LogP contribution >= 0.6 is 0 Å². The molecule has 2 aromatic carbocycles. The number of allylic oxidation sites excluding steroid dienone is 2. The molecule has 1 aliphatic carbocycles. The minimum atomic E-state index is -0.403. The molecule has 4 heteroatoms. The number of ketones is 1. The van der Waals surface area contributed by atoms with Crippen LogP contribution in [0.3, 0.4) is 0 Å². The van der Waals surface area contributed by atoms with E-state index in [1.807, 2.05) is 63.2 Å². The van der Waals surface area contributed by atoms with Crippen LogP contribution in [0.25, 0.3) is 0 Å². The van der Waals surface area contributed by atoms with E-state index in [9.17, 15) is 10.1 Å². The topological polar surface area (TPSA) is 62.4 Å². The molecule has 4 nitrogen and oxygen atoms in total. The molecule has 0 aromatic heterocycles. The number of hydrogen-bond donors (Lipinski definition) is 0. The van der Waals surface area contributed by atoms with Gasteiger partial charge in [0.15, 0.2) is 0 Å². The van der Waals surface area contributed by atoms with Crippen molar-refractivity contribution >= 4 is 11.5 Å². The zero-order valence-electron chi connectivity index (χ0n) is 17.6. The maximum Gasteiger partial charge on any atom is 0.143 e. The number of carbonyl (C=O) groups excluding carboxylic acids is 1. The van der Waals surface area contributed by atoms with E-state index in [1.54, 1.807) is 0 Å². The fourth-order valence-electron chi connectivity index (χ4n) is 4.71.